The molecule has 0 saturated heterocycles. The Morgan fingerprint density at radius 2 is 2.05 bits per heavy atom. The fourth-order valence-corrected chi connectivity index (χ4v) is 2.42. The number of rotatable bonds is 11. The van der Waals surface area contributed by atoms with E-state index in [1.165, 1.54) is 16.8 Å². The molecule has 0 aliphatic heterocycles. The SMILES string of the molecule is COCCNCc1ccc(N(C)CCCCCO)c(C)c1. The van der Waals surface area contributed by atoms with Crippen LogP contribution in [-0.4, -0.2) is 45.6 Å². The highest BCUT2D eigenvalue weighted by atomic mass is 16.5. The van der Waals surface area contributed by atoms with E-state index in [0.29, 0.717) is 6.61 Å². The zero-order chi connectivity index (χ0) is 15.5. The lowest BCUT2D eigenvalue weighted by Gasteiger charge is -2.22. The van der Waals surface area contributed by atoms with Crippen molar-refractivity contribution in [3.63, 3.8) is 0 Å². The molecule has 1 aromatic rings. The van der Waals surface area contributed by atoms with Gasteiger partial charge in [0.05, 0.1) is 6.61 Å². The highest BCUT2D eigenvalue weighted by Gasteiger charge is 2.05. The molecule has 0 heterocycles. The number of hydrogen-bond acceptors (Lipinski definition) is 4. The molecule has 2 N–H and O–H groups in total. The number of methoxy groups -OCH3 is 1. The number of anilines is 1. The van der Waals surface area contributed by atoms with E-state index in [0.717, 1.165) is 45.5 Å². The van der Waals surface area contributed by atoms with Gasteiger partial charge in [-0.15, -0.1) is 0 Å². The average molecular weight is 294 g/mol. The second-order valence-corrected chi connectivity index (χ2v) is 5.50. The number of aliphatic hydroxyl groups excluding tert-OH is 1. The first-order valence-electron chi connectivity index (χ1n) is 7.80. The maximum Gasteiger partial charge on any atom is 0.0587 e. The Morgan fingerprint density at radius 1 is 1.24 bits per heavy atom. The zero-order valence-electron chi connectivity index (χ0n) is 13.7. The number of benzene rings is 1. The van der Waals surface area contributed by atoms with Crippen molar-refractivity contribution in [3.8, 4) is 0 Å². The molecule has 0 aliphatic carbocycles. The van der Waals surface area contributed by atoms with Gasteiger partial charge in [0.15, 0.2) is 0 Å². The van der Waals surface area contributed by atoms with Crippen LogP contribution >= 0.6 is 0 Å². The summed E-state index contributed by atoms with van der Waals surface area (Å²) < 4.78 is 5.02. The maximum absolute atomic E-state index is 8.80. The molecule has 0 saturated carbocycles. The van der Waals surface area contributed by atoms with Gasteiger partial charge in [-0.05, 0) is 43.4 Å². The van der Waals surface area contributed by atoms with Gasteiger partial charge in [0.25, 0.3) is 0 Å². The topological polar surface area (TPSA) is 44.7 Å². The highest BCUT2D eigenvalue weighted by Crippen LogP contribution is 2.20. The molecule has 0 spiro atoms. The average Bonchev–Trinajstić information content (AvgIpc) is 2.48. The lowest BCUT2D eigenvalue weighted by Crippen LogP contribution is -2.20. The van der Waals surface area contributed by atoms with Crippen LogP contribution < -0.4 is 10.2 Å². The van der Waals surface area contributed by atoms with Crippen molar-refractivity contribution in [2.75, 3.05) is 45.4 Å². The summed E-state index contributed by atoms with van der Waals surface area (Å²) in [6.07, 6.45) is 3.11. The fraction of sp³-hybridized carbons (Fsp3) is 0.647. The number of ether oxygens (including phenoxy) is 1. The summed E-state index contributed by atoms with van der Waals surface area (Å²) in [4.78, 5) is 2.30. The van der Waals surface area contributed by atoms with Crippen molar-refractivity contribution in [3.05, 3.63) is 29.3 Å². The molecule has 0 bridgehead atoms. The highest BCUT2D eigenvalue weighted by molar-refractivity contribution is 5.53. The Morgan fingerprint density at radius 3 is 2.71 bits per heavy atom. The van der Waals surface area contributed by atoms with E-state index in [1.54, 1.807) is 7.11 Å². The molecule has 0 radical (unpaired) electrons. The molecule has 4 nitrogen and oxygen atoms in total. The van der Waals surface area contributed by atoms with E-state index in [9.17, 15) is 0 Å². The number of aryl methyl sites for hydroxylation is 1. The van der Waals surface area contributed by atoms with E-state index in [-0.39, 0.29) is 0 Å². The van der Waals surface area contributed by atoms with Crippen molar-refractivity contribution in [2.24, 2.45) is 0 Å². The third-order valence-corrected chi connectivity index (χ3v) is 3.64. The first-order chi connectivity index (χ1) is 10.2. The number of nitrogens with one attached hydrogen (secondary N) is 1. The van der Waals surface area contributed by atoms with Crippen LogP contribution in [0.3, 0.4) is 0 Å². The summed E-state index contributed by atoms with van der Waals surface area (Å²) in [5, 5.41) is 12.2. The summed E-state index contributed by atoms with van der Waals surface area (Å²) in [5.41, 5.74) is 3.91. The van der Waals surface area contributed by atoms with Gasteiger partial charge in [-0.25, -0.2) is 0 Å². The van der Waals surface area contributed by atoms with E-state index in [2.05, 4.69) is 42.4 Å². The molecule has 0 amide bonds. The first kappa shape index (κ1) is 18.0. The van der Waals surface area contributed by atoms with E-state index in [1.807, 2.05) is 0 Å². The summed E-state index contributed by atoms with van der Waals surface area (Å²) in [6.45, 7) is 6.00. The fourth-order valence-electron chi connectivity index (χ4n) is 2.42. The smallest absolute Gasteiger partial charge is 0.0587 e. The number of aliphatic hydroxyl groups is 1. The molecule has 120 valence electrons. The number of hydrogen-bond donors (Lipinski definition) is 2. The van der Waals surface area contributed by atoms with Gasteiger partial charge in [0, 0.05) is 46.1 Å². The van der Waals surface area contributed by atoms with Gasteiger partial charge in [0.1, 0.15) is 0 Å². The second-order valence-electron chi connectivity index (χ2n) is 5.50. The number of unbranched alkanes of at least 4 members (excludes halogenated alkanes) is 2. The minimum absolute atomic E-state index is 0.299. The third-order valence-electron chi connectivity index (χ3n) is 3.64. The predicted molar refractivity (Wildman–Crippen MR) is 89.0 cm³/mol. The van der Waals surface area contributed by atoms with Gasteiger partial charge in [-0.2, -0.15) is 0 Å². The van der Waals surface area contributed by atoms with Crippen LogP contribution in [-0.2, 0) is 11.3 Å². The maximum atomic E-state index is 8.80. The van der Waals surface area contributed by atoms with Crippen LogP contribution in [0, 0.1) is 6.92 Å². The van der Waals surface area contributed by atoms with Gasteiger partial charge < -0.3 is 20.1 Å². The minimum Gasteiger partial charge on any atom is -0.396 e. The van der Waals surface area contributed by atoms with Crippen LogP contribution in [0.5, 0.6) is 0 Å². The molecular formula is C17H30N2O2. The Balaban J connectivity index is 2.45. The quantitative estimate of drug-likeness (QED) is 0.615. The minimum atomic E-state index is 0.299. The normalized spacial score (nSPS) is 10.9. The second kappa shape index (κ2) is 10.6. The molecule has 0 fully saturated rings. The van der Waals surface area contributed by atoms with Gasteiger partial charge in [-0.3, -0.25) is 0 Å². The molecule has 1 rings (SSSR count). The van der Waals surface area contributed by atoms with Crippen molar-refractivity contribution >= 4 is 5.69 Å². The number of nitrogens with zero attached hydrogens (tertiary/aromatic N) is 1. The van der Waals surface area contributed by atoms with Crippen molar-refractivity contribution in [1.29, 1.82) is 0 Å². The zero-order valence-corrected chi connectivity index (χ0v) is 13.7. The van der Waals surface area contributed by atoms with E-state index in [4.69, 9.17) is 9.84 Å². The van der Waals surface area contributed by atoms with Crippen LogP contribution in [0.4, 0.5) is 5.69 Å². The van der Waals surface area contributed by atoms with Gasteiger partial charge >= 0.3 is 0 Å². The van der Waals surface area contributed by atoms with Crippen molar-refractivity contribution in [2.45, 2.75) is 32.7 Å². The monoisotopic (exact) mass is 294 g/mol. The van der Waals surface area contributed by atoms with Crippen LogP contribution in [0.15, 0.2) is 18.2 Å². The molecule has 0 aromatic heterocycles. The molecule has 21 heavy (non-hydrogen) atoms. The predicted octanol–water partition coefficient (Wildman–Crippen LogP) is 2.33. The summed E-state index contributed by atoms with van der Waals surface area (Å²) in [7, 11) is 3.86. The molecule has 0 atom stereocenters. The van der Waals surface area contributed by atoms with E-state index >= 15 is 0 Å². The Bertz CT molecular complexity index is 396. The van der Waals surface area contributed by atoms with E-state index < -0.39 is 0 Å². The molecule has 0 unspecified atom stereocenters. The largest absolute Gasteiger partial charge is 0.396 e. The van der Waals surface area contributed by atoms with Crippen LogP contribution in [0.2, 0.25) is 0 Å². The summed E-state index contributed by atoms with van der Waals surface area (Å²) in [6, 6.07) is 6.64. The third kappa shape index (κ3) is 6.93. The Labute approximate surface area is 129 Å². The standard InChI is InChI=1S/C17H30N2O2/c1-15-13-16(14-18-9-12-21-3)7-8-17(15)19(2)10-5-4-6-11-20/h7-8,13,18,20H,4-6,9-12,14H2,1-3H3. The van der Waals surface area contributed by atoms with Crippen LogP contribution in [0.1, 0.15) is 30.4 Å². The van der Waals surface area contributed by atoms with Crippen LogP contribution in [0.25, 0.3) is 0 Å². The molecule has 1 aromatic carbocycles. The van der Waals surface area contributed by atoms with Gasteiger partial charge in [0.2, 0.25) is 0 Å². The summed E-state index contributed by atoms with van der Waals surface area (Å²) >= 11 is 0. The lowest BCUT2D eigenvalue weighted by molar-refractivity contribution is 0.199. The van der Waals surface area contributed by atoms with Crippen molar-refractivity contribution in [1.82, 2.24) is 5.32 Å². The van der Waals surface area contributed by atoms with Gasteiger partial charge in [-0.1, -0.05) is 12.1 Å². The molecule has 4 heteroatoms. The Kier molecular flexibility index (Phi) is 9.06. The Hall–Kier alpha value is -1.10. The summed E-state index contributed by atoms with van der Waals surface area (Å²) in [5.74, 6) is 0. The first-order valence-corrected chi connectivity index (χ1v) is 7.80. The lowest BCUT2D eigenvalue weighted by atomic mass is 10.1. The molecule has 0 aliphatic rings. The van der Waals surface area contributed by atoms with Crippen molar-refractivity contribution < 1.29 is 9.84 Å². The molecular weight excluding hydrogens is 264 g/mol.